The number of ether oxygens (including phenoxy) is 2. The van der Waals surface area contributed by atoms with Gasteiger partial charge < -0.3 is 14.8 Å². The van der Waals surface area contributed by atoms with Crippen LogP contribution in [-0.4, -0.2) is 40.4 Å². The summed E-state index contributed by atoms with van der Waals surface area (Å²) in [7, 11) is 0. The van der Waals surface area contributed by atoms with Gasteiger partial charge in [-0.05, 0) is 25.0 Å². The van der Waals surface area contributed by atoms with Gasteiger partial charge in [0.2, 0.25) is 5.91 Å². The highest BCUT2D eigenvalue weighted by Gasteiger charge is 2.16. The molecule has 1 atom stereocenters. The summed E-state index contributed by atoms with van der Waals surface area (Å²) in [5, 5.41) is 4.70. The minimum absolute atomic E-state index is 0.101. The van der Waals surface area contributed by atoms with Crippen molar-refractivity contribution in [1.82, 2.24) is 9.38 Å². The maximum Gasteiger partial charge on any atom is 0.258 e. The van der Waals surface area contributed by atoms with Gasteiger partial charge in [-0.3, -0.25) is 14.0 Å². The van der Waals surface area contributed by atoms with E-state index in [0.29, 0.717) is 34.5 Å². The second kappa shape index (κ2) is 9.43. The fourth-order valence-corrected chi connectivity index (χ4v) is 4.49. The normalized spacial score (nSPS) is 16.2. The van der Waals surface area contributed by atoms with E-state index < -0.39 is 0 Å². The zero-order valence-corrected chi connectivity index (χ0v) is 17.3. The minimum atomic E-state index is -0.111. The van der Waals surface area contributed by atoms with E-state index >= 15 is 0 Å². The summed E-state index contributed by atoms with van der Waals surface area (Å²) in [5.41, 5.74) is 1.27. The molecule has 3 aromatic rings. The highest BCUT2D eigenvalue weighted by atomic mass is 32.2. The fraction of sp³-hybridized carbons (Fsp3) is 0.350. The van der Waals surface area contributed by atoms with Crippen LogP contribution in [0.5, 0.6) is 5.75 Å². The second-order valence-electron chi connectivity index (χ2n) is 6.66. The topological polar surface area (TPSA) is 81.9 Å². The number of carbonyl (C=O) groups excluding carboxylic acids is 1. The van der Waals surface area contributed by atoms with E-state index in [1.165, 1.54) is 33.6 Å². The maximum absolute atomic E-state index is 12.2. The van der Waals surface area contributed by atoms with E-state index in [-0.39, 0.29) is 23.3 Å². The SMILES string of the molecule is O=C(CSCc1cc(=O)n2ccsc2n1)Nc1cccc(OC[C@H]2CCCO2)c1. The minimum Gasteiger partial charge on any atom is -0.491 e. The molecular formula is C20H21N3O4S2. The quantitative estimate of drug-likeness (QED) is 0.590. The second-order valence-corrected chi connectivity index (χ2v) is 8.51. The number of amides is 1. The number of thioether (sulfide) groups is 1. The molecule has 1 saturated heterocycles. The molecule has 9 heteroatoms. The van der Waals surface area contributed by atoms with E-state index in [0.717, 1.165) is 19.4 Å². The molecule has 0 aliphatic carbocycles. The van der Waals surface area contributed by atoms with Crippen molar-refractivity contribution in [2.45, 2.75) is 24.7 Å². The number of carbonyl (C=O) groups is 1. The standard InChI is InChI=1S/C20H21N3O4S2/c24-18(13-28-12-15-10-19(25)23-6-8-29-20(23)22-15)21-14-3-1-4-16(9-14)27-11-17-5-2-7-26-17/h1,3-4,6,8-10,17H,2,5,7,11-13H2,(H,21,24)/t17-/m1/s1. The lowest BCUT2D eigenvalue weighted by molar-refractivity contribution is -0.113. The lowest BCUT2D eigenvalue weighted by Gasteiger charge is -2.12. The summed E-state index contributed by atoms with van der Waals surface area (Å²) in [4.78, 5) is 29.3. The molecule has 0 unspecified atom stereocenters. The molecule has 2 aromatic heterocycles. The Morgan fingerprint density at radius 1 is 1.41 bits per heavy atom. The van der Waals surface area contributed by atoms with Gasteiger partial charge in [0.15, 0.2) is 4.96 Å². The third-order valence-electron chi connectivity index (χ3n) is 4.42. The molecule has 3 heterocycles. The summed E-state index contributed by atoms with van der Waals surface area (Å²) >= 11 is 2.83. The van der Waals surface area contributed by atoms with Gasteiger partial charge in [-0.15, -0.1) is 23.1 Å². The number of fused-ring (bicyclic) bond motifs is 1. The predicted octanol–water partition coefficient (Wildman–Crippen LogP) is 3.19. The summed E-state index contributed by atoms with van der Waals surface area (Å²) in [6.07, 6.45) is 3.96. The number of nitrogens with one attached hydrogen (secondary N) is 1. The number of nitrogens with zero attached hydrogens (tertiary/aromatic N) is 2. The smallest absolute Gasteiger partial charge is 0.258 e. The largest absolute Gasteiger partial charge is 0.491 e. The Labute approximate surface area is 176 Å². The fourth-order valence-electron chi connectivity index (χ4n) is 3.04. The zero-order chi connectivity index (χ0) is 20.1. The van der Waals surface area contributed by atoms with Crippen molar-refractivity contribution in [3.8, 4) is 5.75 Å². The van der Waals surface area contributed by atoms with Gasteiger partial charge >= 0.3 is 0 Å². The first kappa shape index (κ1) is 19.9. The average Bonchev–Trinajstić information content (AvgIpc) is 3.39. The van der Waals surface area contributed by atoms with E-state index in [1.54, 1.807) is 6.20 Å². The molecule has 29 heavy (non-hydrogen) atoms. The molecule has 1 amide bonds. The molecule has 1 N–H and O–H groups in total. The van der Waals surface area contributed by atoms with Crippen LogP contribution in [0.3, 0.4) is 0 Å². The Bertz CT molecular complexity index is 1040. The Morgan fingerprint density at radius 2 is 2.34 bits per heavy atom. The number of aromatic nitrogens is 2. The first-order chi connectivity index (χ1) is 14.2. The molecule has 0 saturated carbocycles. The number of rotatable bonds is 8. The summed E-state index contributed by atoms with van der Waals surface area (Å²) < 4.78 is 12.8. The monoisotopic (exact) mass is 431 g/mol. The lowest BCUT2D eigenvalue weighted by Crippen LogP contribution is -2.17. The predicted molar refractivity (Wildman–Crippen MR) is 115 cm³/mol. The van der Waals surface area contributed by atoms with Crippen LogP contribution < -0.4 is 15.6 Å². The van der Waals surface area contributed by atoms with E-state index in [2.05, 4.69) is 10.3 Å². The number of hydrogen-bond donors (Lipinski definition) is 1. The van der Waals surface area contributed by atoms with Crippen molar-refractivity contribution in [2.24, 2.45) is 0 Å². The Morgan fingerprint density at radius 3 is 3.21 bits per heavy atom. The van der Waals surface area contributed by atoms with Crippen LogP contribution in [0.15, 0.2) is 46.7 Å². The highest BCUT2D eigenvalue weighted by Crippen LogP contribution is 2.20. The van der Waals surface area contributed by atoms with Crippen LogP contribution in [-0.2, 0) is 15.3 Å². The van der Waals surface area contributed by atoms with E-state index in [9.17, 15) is 9.59 Å². The van der Waals surface area contributed by atoms with Crippen LogP contribution in [0.2, 0.25) is 0 Å². The van der Waals surface area contributed by atoms with Gasteiger partial charge in [0, 0.05) is 41.8 Å². The van der Waals surface area contributed by atoms with Crippen molar-refractivity contribution in [3.05, 3.63) is 58.0 Å². The van der Waals surface area contributed by atoms with E-state index in [1.807, 2.05) is 29.6 Å². The number of hydrogen-bond acceptors (Lipinski definition) is 7. The molecule has 7 nitrogen and oxygen atoms in total. The molecule has 0 bridgehead atoms. The van der Waals surface area contributed by atoms with Crippen molar-refractivity contribution < 1.29 is 14.3 Å². The molecule has 1 aromatic carbocycles. The summed E-state index contributed by atoms with van der Waals surface area (Å²) in [5.74, 6) is 1.37. The first-order valence-corrected chi connectivity index (χ1v) is 11.4. The highest BCUT2D eigenvalue weighted by molar-refractivity contribution is 7.99. The van der Waals surface area contributed by atoms with Crippen LogP contribution in [0.1, 0.15) is 18.5 Å². The van der Waals surface area contributed by atoms with Crippen LogP contribution in [0, 0.1) is 0 Å². The summed E-state index contributed by atoms with van der Waals surface area (Å²) in [6, 6.07) is 8.87. The zero-order valence-electron chi connectivity index (χ0n) is 15.7. The van der Waals surface area contributed by atoms with Crippen molar-refractivity contribution in [1.29, 1.82) is 0 Å². The van der Waals surface area contributed by atoms with Gasteiger partial charge in [-0.25, -0.2) is 4.98 Å². The molecule has 4 rings (SSSR count). The maximum atomic E-state index is 12.2. The third-order valence-corrected chi connectivity index (χ3v) is 6.14. The van der Waals surface area contributed by atoms with Crippen LogP contribution in [0.4, 0.5) is 5.69 Å². The third kappa shape index (κ3) is 5.37. The lowest BCUT2D eigenvalue weighted by atomic mass is 10.2. The molecule has 1 aliphatic rings. The molecule has 1 fully saturated rings. The molecule has 0 radical (unpaired) electrons. The van der Waals surface area contributed by atoms with Crippen LogP contribution >= 0.6 is 23.1 Å². The molecular weight excluding hydrogens is 410 g/mol. The van der Waals surface area contributed by atoms with Gasteiger partial charge in [0.05, 0.1) is 17.6 Å². The Hall–Kier alpha value is -2.36. The molecule has 0 spiro atoms. The van der Waals surface area contributed by atoms with Crippen molar-refractivity contribution >= 4 is 39.7 Å². The van der Waals surface area contributed by atoms with Gasteiger partial charge in [0.1, 0.15) is 12.4 Å². The molecule has 1 aliphatic heterocycles. The van der Waals surface area contributed by atoms with Gasteiger partial charge in [-0.2, -0.15) is 0 Å². The van der Waals surface area contributed by atoms with Crippen LogP contribution in [0.25, 0.3) is 4.96 Å². The number of anilines is 1. The molecule has 152 valence electrons. The summed E-state index contributed by atoms with van der Waals surface area (Å²) in [6.45, 7) is 1.32. The number of benzene rings is 1. The average molecular weight is 432 g/mol. The van der Waals surface area contributed by atoms with Crippen molar-refractivity contribution in [3.63, 3.8) is 0 Å². The van der Waals surface area contributed by atoms with E-state index in [4.69, 9.17) is 9.47 Å². The van der Waals surface area contributed by atoms with Gasteiger partial charge in [0.25, 0.3) is 5.56 Å². The Kier molecular flexibility index (Phi) is 6.48. The van der Waals surface area contributed by atoms with Crippen molar-refractivity contribution in [2.75, 3.05) is 24.3 Å². The van der Waals surface area contributed by atoms with Gasteiger partial charge in [-0.1, -0.05) is 6.07 Å². The number of thiazole rings is 1. The Balaban J connectivity index is 1.25. The first-order valence-electron chi connectivity index (χ1n) is 9.35.